The van der Waals surface area contributed by atoms with Gasteiger partial charge in [-0.05, 0) is 40.7 Å². The largest absolute Gasteiger partial charge is 0.463 e. The van der Waals surface area contributed by atoms with Crippen LogP contribution in [0.2, 0.25) is 5.82 Å². The quantitative estimate of drug-likeness (QED) is 0.718. The third kappa shape index (κ3) is 1.75. The van der Waals surface area contributed by atoms with Gasteiger partial charge in [-0.1, -0.05) is 0 Å². The lowest BCUT2D eigenvalue weighted by atomic mass is 9.58. The van der Waals surface area contributed by atoms with Crippen molar-refractivity contribution in [3.05, 3.63) is 0 Å². The first-order chi connectivity index (χ1) is 8.36. The summed E-state index contributed by atoms with van der Waals surface area (Å²) in [5, 5.41) is 3.50. The molecule has 2 atom stereocenters. The van der Waals surface area contributed by atoms with Crippen molar-refractivity contribution in [3.8, 4) is 0 Å². The predicted octanol–water partition coefficient (Wildman–Crippen LogP) is 1.46. The molecular formula is C13H24BNO3. The minimum Gasteiger partial charge on any atom is -0.403 e. The van der Waals surface area contributed by atoms with E-state index in [4.69, 9.17) is 14.0 Å². The Kier molecular flexibility index (Phi) is 2.83. The molecule has 18 heavy (non-hydrogen) atoms. The van der Waals surface area contributed by atoms with Crippen molar-refractivity contribution in [1.82, 2.24) is 5.32 Å². The summed E-state index contributed by atoms with van der Waals surface area (Å²) in [5.74, 6) is 0.404. The van der Waals surface area contributed by atoms with E-state index in [2.05, 4.69) is 33.0 Å². The summed E-state index contributed by atoms with van der Waals surface area (Å²) >= 11 is 0. The average Bonchev–Trinajstić information content (AvgIpc) is 2.91. The summed E-state index contributed by atoms with van der Waals surface area (Å²) in [6.45, 7) is 12.2. The minimum absolute atomic E-state index is 0.105. The van der Waals surface area contributed by atoms with Crippen molar-refractivity contribution in [2.45, 2.75) is 51.1 Å². The van der Waals surface area contributed by atoms with Gasteiger partial charge < -0.3 is 19.4 Å². The smallest absolute Gasteiger partial charge is 0.403 e. The van der Waals surface area contributed by atoms with Crippen molar-refractivity contribution >= 4 is 7.12 Å². The van der Waals surface area contributed by atoms with E-state index in [-0.39, 0.29) is 23.7 Å². The van der Waals surface area contributed by atoms with Gasteiger partial charge >= 0.3 is 7.12 Å². The van der Waals surface area contributed by atoms with Crippen LogP contribution in [0, 0.1) is 5.41 Å². The van der Waals surface area contributed by atoms with Crippen LogP contribution in [0.25, 0.3) is 0 Å². The molecule has 3 saturated heterocycles. The van der Waals surface area contributed by atoms with Crippen LogP contribution in [0.5, 0.6) is 0 Å². The first-order valence-corrected chi connectivity index (χ1v) is 7.01. The van der Waals surface area contributed by atoms with Crippen molar-refractivity contribution in [2.24, 2.45) is 5.41 Å². The van der Waals surface area contributed by atoms with Crippen molar-refractivity contribution < 1.29 is 14.0 Å². The Morgan fingerprint density at radius 3 is 2.33 bits per heavy atom. The number of rotatable bonds is 1. The molecule has 1 spiro atoms. The van der Waals surface area contributed by atoms with Crippen LogP contribution in [0.3, 0.4) is 0 Å². The lowest BCUT2D eigenvalue weighted by molar-refractivity contribution is 0.00578. The summed E-state index contributed by atoms with van der Waals surface area (Å²) in [6, 6.07) is 0. The SMILES string of the molecule is CC1(C)OB(C2CNCC23CCOC3)OC1(C)C. The first kappa shape index (κ1) is 12.9. The molecule has 0 aromatic rings. The summed E-state index contributed by atoms with van der Waals surface area (Å²) in [5.41, 5.74) is -0.247. The van der Waals surface area contributed by atoms with E-state index >= 15 is 0 Å². The molecule has 0 aliphatic carbocycles. The Hall–Kier alpha value is -0.0951. The fourth-order valence-electron chi connectivity index (χ4n) is 3.32. The van der Waals surface area contributed by atoms with E-state index in [1.165, 1.54) is 0 Å². The van der Waals surface area contributed by atoms with Crippen molar-refractivity contribution in [3.63, 3.8) is 0 Å². The molecule has 0 saturated carbocycles. The molecule has 4 nitrogen and oxygen atoms in total. The van der Waals surface area contributed by atoms with Crippen LogP contribution < -0.4 is 5.32 Å². The van der Waals surface area contributed by atoms with Crippen molar-refractivity contribution in [2.75, 3.05) is 26.3 Å². The Balaban J connectivity index is 1.80. The molecule has 3 fully saturated rings. The standard InChI is InChI=1S/C13H24BNO3/c1-11(2)12(3,4)18-14(17-11)10-7-15-8-13(10)5-6-16-9-13/h10,15H,5-9H2,1-4H3. The van der Waals surface area contributed by atoms with Gasteiger partial charge in [0.05, 0.1) is 17.8 Å². The number of hydrogen-bond acceptors (Lipinski definition) is 4. The Morgan fingerprint density at radius 2 is 1.78 bits per heavy atom. The molecular weight excluding hydrogens is 229 g/mol. The molecule has 3 rings (SSSR count). The van der Waals surface area contributed by atoms with Gasteiger partial charge in [0, 0.05) is 24.4 Å². The lowest BCUT2D eigenvalue weighted by Crippen LogP contribution is -2.41. The number of nitrogens with one attached hydrogen (secondary N) is 1. The van der Waals surface area contributed by atoms with E-state index in [1.54, 1.807) is 0 Å². The molecule has 5 heteroatoms. The highest BCUT2D eigenvalue weighted by Gasteiger charge is 2.60. The molecule has 102 valence electrons. The van der Waals surface area contributed by atoms with Crippen LogP contribution in [-0.4, -0.2) is 44.6 Å². The highest BCUT2D eigenvalue weighted by Crippen LogP contribution is 2.50. The van der Waals surface area contributed by atoms with Gasteiger partial charge in [0.25, 0.3) is 0 Å². The van der Waals surface area contributed by atoms with Crippen LogP contribution in [0.15, 0.2) is 0 Å². The topological polar surface area (TPSA) is 39.7 Å². The Morgan fingerprint density at radius 1 is 1.11 bits per heavy atom. The second-order valence-electron chi connectivity index (χ2n) is 7.03. The molecule has 2 unspecified atom stereocenters. The number of ether oxygens (including phenoxy) is 1. The zero-order valence-electron chi connectivity index (χ0n) is 11.9. The summed E-state index contributed by atoms with van der Waals surface area (Å²) < 4.78 is 18.1. The summed E-state index contributed by atoms with van der Waals surface area (Å²) in [6.07, 6.45) is 1.12. The molecule has 3 aliphatic rings. The van der Waals surface area contributed by atoms with E-state index in [0.717, 1.165) is 32.7 Å². The Bertz CT molecular complexity index is 318. The molecule has 3 aliphatic heterocycles. The highest BCUT2D eigenvalue weighted by atomic mass is 16.7. The molecule has 3 heterocycles. The van der Waals surface area contributed by atoms with Crippen LogP contribution in [0.4, 0.5) is 0 Å². The van der Waals surface area contributed by atoms with Gasteiger partial charge in [0.15, 0.2) is 0 Å². The fourth-order valence-corrected chi connectivity index (χ4v) is 3.32. The normalized spacial score (nSPS) is 42.0. The third-order valence-corrected chi connectivity index (χ3v) is 5.36. The lowest BCUT2D eigenvalue weighted by Gasteiger charge is -2.32. The van der Waals surface area contributed by atoms with Crippen LogP contribution in [0.1, 0.15) is 34.1 Å². The number of hydrogen-bond donors (Lipinski definition) is 1. The monoisotopic (exact) mass is 253 g/mol. The van der Waals surface area contributed by atoms with Gasteiger partial charge in [0.1, 0.15) is 0 Å². The molecule has 0 aromatic carbocycles. The zero-order chi connectivity index (χ0) is 13.0. The zero-order valence-corrected chi connectivity index (χ0v) is 11.9. The van der Waals surface area contributed by atoms with E-state index in [1.807, 2.05) is 0 Å². The highest BCUT2D eigenvalue weighted by molar-refractivity contribution is 6.48. The molecule has 0 aromatic heterocycles. The van der Waals surface area contributed by atoms with Crippen LogP contribution >= 0.6 is 0 Å². The van der Waals surface area contributed by atoms with E-state index in [9.17, 15) is 0 Å². The third-order valence-electron chi connectivity index (χ3n) is 5.36. The fraction of sp³-hybridized carbons (Fsp3) is 1.00. The van der Waals surface area contributed by atoms with Crippen LogP contribution in [-0.2, 0) is 14.0 Å². The van der Waals surface area contributed by atoms with Gasteiger partial charge in [-0.15, -0.1) is 0 Å². The summed E-state index contributed by atoms with van der Waals surface area (Å²) in [7, 11) is -0.105. The predicted molar refractivity (Wildman–Crippen MR) is 70.6 cm³/mol. The Labute approximate surface area is 110 Å². The molecule has 1 N–H and O–H groups in total. The first-order valence-electron chi connectivity index (χ1n) is 7.01. The molecule has 0 bridgehead atoms. The van der Waals surface area contributed by atoms with Gasteiger partial charge in [-0.25, -0.2) is 0 Å². The minimum atomic E-state index is -0.235. The second-order valence-corrected chi connectivity index (χ2v) is 7.03. The van der Waals surface area contributed by atoms with E-state index < -0.39 is 0 Å². The average molecular weight is 253 g/mol. The maximum atomic E-state index is 6.22. The maximum absolute atomic E-state index is 6.22. The van der Waals surface area contributed by atoms with Gasteiger partial charge in [0.2, 0.25) is 0 Å². The molecule has 0 radical (unpaired) electrons. The maximum Gasteiger partial charge on any atom is 0.463 e. The van der Waals surface area contributed by atoms with E-state index in [0.29, 0.717) is 5.82 Å². The van der Waals surface area contributed by atoms with Gasteiger partial charge in [-0.3, -0.25) is 0 Å². The summed E-state index contributed by atoms with van der Waals surface area (Å²) in [4.78, 5) is 0. The second kappa shape index (κ2) is 3.95. The van der Waals surface area contributed by atoms with Gasteiger partial charge in [-0.2, -0.15) is 0 Å². The van der Waals surface area contributed by atoms with Crippen molar-refractivity contribution in [1.29, 1.82) is 0 Å². The molecule has 0 amide bonds.